The van der Waals surface area contributed by atoms with Crippen molar-refractivity contribution in [2.75, 3.05) is 19.3 Å². The second-order valence-corrected chi connectivity index (χ2v) is 6.33. The fraction of sp³-hybridized carbons (Fsp3) is 0.400. The molecular formula is C15H18N6O5S. The van der Waals surface area contributed by atoms with Crippen LogP contribution >= 0.6 is 11.8 Å². The maximum absolute atomic E-state index is 12.5. The summed E-state index contributed by atoms with van der Waals surface area (Å²) < 4.78 is 5.42. The molecule has 0 spiro atoms. The van der Waals surface area contributed by atoms with Gasteiger partial charge in [0.2, 0.25) is 17.7 Å². The van der Waals surface area contributed by atoms with E-state index >= 15 is 0 Å². The molecule has 1 aromatic rings. The van der Waals surface area contributed by atoms with E-state index < -0.39 is 29.8 Å². The van der Waals surface area contributed by atoms with E-state index in [-0.39, 0.29) is 29.8 Å². The van der Waals surface area contributed by atoms with Gasteiger partial charge in [-0.1, -0.05) is 17.8 Å². The molecule has 2 heterocycles. The van der Waals surface area contributed by atoms with Gasteiger partial charge in [-0.05, 0) is 6.92 Å². The molecule has 6 amide bonds. The molecule has 0 aliphatic carbocycles. The standard InChI is InChI=1S/C15H18N6O5S/c1-4-5-21-12(23)9(8(2)17-14(21)25)6-11-19-20-15(26-11)27-7-10(22)18-13(24)16-3/h4,9H,1,5-7H2,2-3H3,(H2,16,18,22,24). The van der Waals surface area contributed by atoms with E-state index in [0.717, 1.165) is 16.7 Å². The Hall–Kier alpha value is -3.02. The van der Waals surface area contributed by atoms with E-state index in [1.54, 1.807) is 6.92 Å². The topological polar surface area (TPSA) is 147 Å². The lowest BCUT2D eigenvalue weighted by Gasteiger charge is -2.27. The Morgan fingerprint density at radius 2 is 2.11 bits per heavy atom. The minimum Gasteiger partial charge on any atom is -0.416 e. The molecule has 11 nitrogen and oxygen atoms in total. The Bertz CT molecular complexity index is 804. The lowest BCUT2D eigenvalue weighted by molar-refractivity contribution is -0.130. The zero-order valence-electron chi connectivity index (χ0n) is 14.7. The van der Waals surface area contributed by atoms with Crippen molar-refractivity contribution in [2.45, 2.75) is 18.6 Å². The van der Waals surface area contributed by atoms with Gasteiger partial charge in [-0.2, -0.15) is 0 Å². The maximum atomic E-state index is 12.5. The molecule has 0 radical (unpaired) electrons. The number of rotatable bonds is 7. The summed E-state index contributed by atoms with van der Waals surface area (Å²) in [6.07, 6.45) is 1.52. The van der Waals surface area contributed by atoms with E-state index in [4.69, 9.17) is 4.42 Å². The number of aliphatic imine (C=N–C) groups is 1. The summed E-state index contributed by atoms with van der Waals surface area (Å²) >= 11 is 0.949. The van der Waals surface area contributed by atoms with Gasteiger partial charge in [-0.15, -0.1) is 16.8 Å². The summed E-state index contributed by atoms with van der Waals surface area (Å²) in [4.78, 5) is 51.7. The van der Waals surface area contributed by atoms with Gasteiger partial charge in [0.15, 0.2) is 0 Å². The molecule has 27 heavy (non-hydrogen) atoms. The number of amides is 6. The van der Waals surface area contributed by atoms with Crippen LogP contribution in [-0.2, 0) is 16.0 Å². The van der Waals surface area contributed by atoms with Crippen LogP contribution in [0.2, 0.25) is 0 Å². The van der Waals surface area contributed by atoms with E-state index in [1.807, 2.05) is 0 Å². The number of urea groups is 2. The van der Waals surface area contributed by atoms with Crippen LogP contribution in [0.5, 0.6) is 0 Å². The monoisotopic (exact) mass is 394 g/mol. The molecular weight excluding hydrogens is 376 g/mol. The van der Waals surface area contributed by atoms with Crippen molar-refractivity contribution in [2.24, 2.45) is 10.9 Å². The summed E-state index contributed by atoms with van der Waals surface area (Å²) in [6.45, 7) is 5.17. The average molecular weight is 394 g/mol. The molecule has 2 rings (SSSR count). The van der Waals surface area contributed by atoms with Crippen LogP contribution in [0.15, 0.2) is 27.3 Å². The molecule has 0 saturated carbocycles. The van der Waals surface area contributed by atoms with Crippen LogP contribution in [0.25, 0.3) is 0 Å². The van der Waals surface area contributed by atoms with Crippen molar-refractivity contribution in [1.29, 1.82) is 0 Å². The predicted octanol–water partition coefficient (Wildman–Crippen LogP) is 0.385. The van der Waals surface area contributed by atoms with Crippen LogP contribution < -0.4 is 10.6 Å². The first kappa shape index (κ1) is 20.3. The number of hydrogen-bond donors (Lipinski definition) is 2. The lowest BCUT2D eigenvalue weighted by atomic mass is 9.97. The summed E-state index contributed by atoms with van der Waals surface area (Å²) in [7, 11) is 1.39. The fourth-order valence-corrected chi connectivity index (χ4v) is 2.77. The molecule has 1 atom stereocenters. The van der Waals surface area contributed by atoms with Gasteiger partial charge in [0.1, 0.15) is 0 Å². The number of carbonyl (C=O) groups excluding carboxylic acids is 4. The Balaban J connectivity index is 1.98. The van der Waals surface area contributed by atoms with E-state index in [9.17, 15) is 19.2 Å². The largest absolute Gasteiger partial charge is 0.416 e. The molecule has 2 N–H and O–H groups in total. The number of nitrogens with one attached hydrogen (secondary N) is 2. The van der Waals surface area contributed by atoms with Crippen LogP contribution in [0.1, 0.15) is 12.8 Å². The number of hydrogen-bond acceptors (Lipinski definition) is 8. The highest BCUT2D eigenvalue weighted by Gasteiger charge is 2.36. The Morgan fingerprint density at radius 1 is 1.37 bits per heavy atom. The Kier molecular flexibility index (Phi) is 6.82. The van der Waals surface area contributed by atoms with Crippen molar-refractivity contribution in [1.82, 2.24) is 25.7 Å². The van der Waals surface area contributed by atoms with Gasteiger partial charge in [-0.3, -0.25) is 19.8 Å². The first-order chi connectivity index (χ1) is 12.8. The van der Waals surface area contributed by atoms with Crippen LogP contribution in [0.4, 0.5) is 9.59 Å². The first-order valence-corrected chi connectivity index (χ1v) is 8.82. The third kappa shape index (κ3) is 5.23. The summed E-state index contributed by atoms with van der Waals surface area (Å²) in [5.74, 6) is -1.56. The van der Waals surface area contributed by atoms with Gasteiger partial charge in [0, 0.05) is 25.7 Å². The molecule has 12 heteroatoms. The lowest BCUT2D eigenvalue weighted by Crippen LogP contribution is -2.46. The van der Waals surface area contributed by atoms with Gasteiger partial charge >= 0.3 is 12.1 Å². The van der Waals surface area contributed by atoms with Crippen molar-refractivity contribution in [3.05, 3.63) is 18.5 Å². The van der Waals surface area contributed by atoms with Gasteiger partial charge in [0.05, 0.1) is 11.7 Å². The minimum atomic E-state index is -0.697. The van der Waals surface area contributed by atoms with Crippen molar-refractivity contribution in [3.8, 4) is 0 Å². The SMILES string of the molecule is C=CCN1C(=O)N=C(C)C(Cc2nnc(SCC(=O)NC(=O)NC)o2)C1=O. The molecule has 1 aliphatic rings. The average Bonchev–Trinajstić information content (AvgIpc) is 3.08. The number of thioether (sulfide) groups is 1. The third-order valence-corrected chi connectivity index (χ3v) is 4.34. The van der Waals surface area contributed by atoms with Crippen LogP contribution in [-0.4, -0.2) is 64.0 Å². The van der Waals surface area contributed by atoms with Crippen molar-refractivity contribution < 1.29 is 23.6 Å². The summed E-state index contributed by atoms with van der Waals surface area (Å²) in [6, 6.07) is -1.24. The van der Waals surface area contributed by atoms with Gasteiger partial charge in [0.25, 0.3) is 5.22 Å². The second-order valence-electron chi connectivity index (χ2n) is 5.41. The van der Waals surface area contributed by atoms with Gasteiger partial charge in [-0.25, -0.2) is 14.6 Å². The number of imide groups is 2. The number of nitrogens with zero attached hydrogens (tertiary/aromatic N) is 4. The highest BCUT2D eigenvalue weighted by molar-refractivity contribution is 7.99. The van der Waals surface area contributed by atoms with E-state index in [2.05, 4.69) is 32.4 Å². The highest BCUT2D eigenvalue weighted by atomic mass is 32.2. The van der Waals surface area contributed by atoms with Crippen molar-refractivity contribution >= 4 is 41.4 Å². The summed E-state index contributed by atoms with van der Waals surface area (Å²) in [5, 5.41) is 12.1. The number of carbonyl (C=O) groups is 4. The quantitative estimate of drug-likeness (QED) is 0.498. The maximum Gasteiger partial charge on any atom is 0.350 e. The molecule has 1 aromatic heterocycles. The second kappa shape index (κ2) is 9.07. The van der Waals surface area contributed by atoms with E-state index in [0.29, 0.717) is 5.71 Å². The molecule has 0 bridgehead atoms. The molecule has 144 valence electrons. The van der Waals surface area contributed by atoms with Crippen LogP contribution in [0.3, 0.4) is 0 Å². The highest BCUT2D eigenvalue weighted by Crippen LogP contribution is 2.21. The minimum absolute atomic E-state index is 0.0658. The van der Waals surface area contributed by atoms with Gasteiger partial charge < -0.3 is 9.73 Å². The molecule has 0 aromatic carbocycles. The molecule has 0 fully saturated rings. The molecule has 1 aliphatic heterocycles. The predicted molar refractivity (Wildman–Crippen MR) is 95.2 cm³/mol. The molecule has 0 saturated heterocycles. The molecule has 1 unspecified atom stereocenters. The van der Waals surface area contributed by atoms with Crippen LogP contribution in [0, 0.1) is 5.92 Å². The Labute approximate surface area is 158 Å². The van der Waals surface area contributed by atoms with E-state index in [1.165, 1.54) is 13.1 Å². The number of aromatic nitrogens is 2. The zero-order chi connectivity index (χ0) is 20.0. The first-order valence-electron chi connectivity index (χ1n) is 7.83. The normalized spacial score (nSPS) is 16.7. The smallest absolute Gasteiger partial charge is 0.350 e. The zero-order valence-corrected chi connectivity index (χ0v) is 15.5. The Morgan fingerprint density at radius 3 is 2.78 bits per heavy atom. The fourth-order valence-electron chi connectivity index (χ4n) is 2.19. The summed E-state index contributed by atoms with van der Waals surface area (Å²) in [5.41, 5.74) is 0.364. The van der Waals surface area contributed by atoms with Crippen molar-refractivity contribution in [3.63, 3.8) is 0 Å². The third-order valence-electron chi connectivity index (χ3n) is 3.52.